The van der Waals surface area contributed by atoms with E-state index in [1.807, 2.05) is 19.1 Å². The summed E-state index contributed by atoms with van der Waals surface area (Å²) in [6.07, 6.45) is 6.70. The van der Waals surface area contributed by atoms with Gasteiger partial charge in [0.25, 0.3) is 0 Å². The number of pyridine rings is 1. The van der Waals surface area contributed by atoms with E-state index in [4.69, 9.17) is 5.26 Å². The molecule has 1 N–H and O–H groups in total. The molecule has 1 unspecified atom stereocenters. The molecule has 0 aromatic carbocycles. The number of aromatic nitrogens is 1. The number of hydrogen-bond donors (Lipinski definition) is 1. The molecular weight excluding hydrogens is 222 g/mol. The SMILES string of the molecule is Cc1cc(C#N)cc(NC(C)C2CCCCC2)n1. The average molecular weight is 243 g/mol. The smallest absolute Gasteiger partial charge is 0.127 e. The standard InChI is InChI=1S/C15H21N3/c1-11-8-13(10-16)9-15(17-11)18-12(2)14-6-4-3-5-7-14/h8-9,12,14H,3-7H2,1-2H3,(H,17,18). The monoisotopic (exact) mass is 243 g/mol. The average Bonchev–Trinajstić information content (AvgIpc) is 2.39. The zero-order valence-electron chi connectivity index (χ0n) is 11.2. The van der Waals surface area contributed by atoms with Gasteiger partial charge in [-0.15, -0.1) is 0 Å². The molecule has 1 atom stereocenters. The van der Waals surface area contributed by atoms with Gasteiger partial charge in [-0.2, -0.15) is 5.26 Å². The highest BCUT2D eigenvalue weighted by Gasteiger charge is 2.20. The van der Waals surface area contributed by atoms with Crippen molar-refractivity contribution >= 4 is 5.82 Å². The summed E-state index contributed by atoms with van der Waals surface area (Å²) in [5.74, 6) is 1.58. The topological polar surface area (TPSA) is 48.7 Å². The van der Waals surface area contributed by atoms with Crippen LogP contribution in [0.3, 0.4) is 0 Å². The number of aryl methyl sites for hydroxylation is 1. The Hall–Kier alpha value is -1.56. The van der Waals surface area contributed by atoms with Crippen LogP contribution in [-0.4, -0.2) is 11.0 Å². The molecule has 2 rings (SSSR count). The fourth-order valence-electron chi connectivity index (χ4n) is 2.79. The molecule has 0 saturated heterocycles. The first-order valence-corrected chi connectivity index (χ1v) is 6.84. The number of nitrogens with zero attached hydrogens (tertiary/aromatic N) is 2. The van der Waals surface area contributed by atoms with Crippen molar-refractivity contribution in [3.8, 4) is 6.07 Å². The molecule has 3 nitrogen and oxygen atoms in total. The normalized spacial score (nSPS) is 18.1. The molecule has 0 bridgehead atoms. The second-order valence-corrected chi connectivity index (χ2v) is 5.33. The third kappa shape index (κ3) is 3.22. The van der Waals surface area contributed by atoms with E-state index in [9.17, 15) is 0 Å². The summed E-state index contributed by atoms with van der Waals surface area (Å²) in [6.45, 7) is 4.16. The Labute approximate surface area is 109 Å². The van der Waals surface area contributed by atoms with Crippen LogP contribution in [0.15, 0.2) is 12.1 Å². The highest BCUT2D eigenvalue weighted by molar-refractivity contribution is 5.44. The summed E-state index contributed by atoms with van der Waals surface area (Å²) in [5.41, 5.74) is 1.58. The van der Waals surface area contributed by atoms with Gasteiger partial charge in [0.15, 0.2) is 0 Å². The van der Waals surface area contributed by atoms with Crippen molar-refractivity contribution in [1.82, 2.24) is 4.98 Å². The van der Waals surface area contributed by atoms with Crippen molar-refractivity contribution < 1.29 is 0 Å². The Morgan fingerprint density at radius 2 is 2.06 bits per heavy atom. The van der Waals surface area contributed by atoms with E-state index < -0.39 is 0 Å². The van der Waals surface area contributed by atoms with E-state index in [1.54, 1.807) is 0 Å². The van der Waals surface area contributed by atoms with Crippen molar-refractivity contribution in [2.75, 3.05) is 5.32 Å². The molecule has 0 radical (unpaired) electrons. The van der Waals surface area contributed by atoms with Crippen molar-refractivity contribution in [2.24, 2.45) is 5.92 Å². The predicted octanol–water partition coefficient (Wildman–Crippen LogP) is 3.64. The molecule has 1 aromatic rings. The van der Waals surface area contributed by atoms with Gasteiger partial charge in [0.05, 0.1) is 11.6 Å². The van der Waals surface area contributed by atoms with Crippen LogP contribution in [0.25, 0.3) is 0 Å². The second kappa shape index (κ2) is 5.86. The van der Waals surface area contributed by atoms with E-state index in [1.165, 1.54) is 32.1 Å². The van der Waals surface area contributed by atoms with Crippen LogP contribution in [0.1, 0.15) is 50.3 Å². The van der Waals surface area contributed by atoms with Gasteiger partial charge in [0, 0.05) is 11.7 Å². The van der Waals surface area contributed by atoms with E-state index in [2.05, 4.69) is 23.3 Å². The lowest BCUT2D eigenvalue weighted by Crippen LogP contribution is -2.28. The Morgan fingerprint density at radius 1 is 1.33 bits per heavy atom. The highest BCUT2D eigenvalue weighted by Crippen LogP contribution is 2.27. The first-order chi connectivity index (χ1) is 8.69. The van der Waals surface area contributed by atoms with E-state index in [0.29, 0.717) is 11.6 Å². The van der Waals surface area contributed by atoms with Gasteiger partial charge in [-0.25, -0.2) is 4.98 Å². The number of hydrogen-bond acceptors (Lipinski definition) is 3. The van der Waals surface area contributed by atoms with Gasteiger partial charge >= 0.3 is 0 Å². The molecule has 96 valence electrons. The van der Waals surface area contributed by atoms with Crippen molar-refractivity contribution in [3.05, 3.63) is 23.4 Å². The van der Waals surface area contributed by atoms with Crippen LogP contribution < -0.4 is 5.32 Å². The van der Waals surface area contributed by atoms with Gasteiger partial charge in [0.1, 0.15) is 5.82 Å². The molecule has 0 amide bonds. The van der Waals surface area contributed by atoms with Crippen LogP contribution >= 0.6 is 0 Å². The summed E-state index contributed by atoms with van der Waals surface area (Å²) in [4.78, 5) is 4.45. The third-order valence-corrected chi connectivity index (χ3v) is 3.82. The largest absolute Gasteiger partial charge is 0.367 e. The molecule has 1 fully saturated rings. The maximum Gasteiger partial charge on any atom is 0.127 e. The molecule has 1 aromatic heterocycles. The van der Waals surface area contributed by atoms with Gasteiger partial charge in [-0.05, 0) is 44.7 Å². The fraction of sp³-hybridized carbons (Fsp3) is 0.600. The van der Waals surface area contributed by atoms with E-state index in [0.717, 1.165) is 17.4 Å². The lowest BCUT2D eigenvalue weighted by Gasteiger charge is -2.28. The van der Waals surface area contributed by atoms with Crippen molar-refractivity contribution in [2.45, 2.75) is 52.0 Å². The van der Waals surface area contributed by atoms with Gasteiger partial charge in [-0.1, -0.05) is 19.3 Å². The molecule has 18 heavy (non-hydrogen) atoms. The quantitative estimate of drug-likeness (QED) is 0.881. The first-order valence-electron chi connectivity index (χ1n) is 6.84. The number of rotatable bonds is 3. The molecule has 1 saturated carbocycles. The molecule has 3 heteroatoms. The minimum Gasteiger partial charge on any atom is -0.367 e. The zero-order chi connectivity index (χ0) is 13.0. The second-order valence-electron chi connectivity index (χ2n) is 5.33. The number of nitriles is 1. The molecule has 1 aliphatic rings. The first kappa shape index (κ1) is 12.9. The van der Waals surface area contributed by atoms with Crippen LogP contribution in [0.5, 0.6) is 0 Å². The third-order valence-electron chi connectivity index (χ3n) is 3.82. The number of nitrogens with one attached hydrogen (secondary N) is 1. The molecule has 0 aliphatic heterocycles. The Bertz CT molecular complexity index is 442. The van der Waals surface area contributed by atoms with Gasteiger partial charge in [0.2, 0.25) is 0 Å². The Balaban J connectivity index is 2.04. The van der Waals surface area contributed by atoms with Crippen molar-refractivity contribution in [3.63, 3.8) is 0 Å². The molecule has 1 heterocycles. The minimum absolute atomic E-state index is 0.436. The highest BCUT2D eigenvalue weighted by atomic mass is 15.0. The van der Waals surface area contributed by atoms with Crippen LogP contribution in [0.4, 0.5) is 5.82 Å². The number of anilines is 1. The van der Waals surface area contributed by atoms with Crippen LogP contribution in [0.2, 0.25) is 0 Å². The van der Waals surface area contributed by atoms with Gasteiger partial charge < -0.3 is 5.32 Å². The maximum absolute atomic E-state index is 8.96. The lowest BCUT2D eigenvalue weighted by atomic mass is 9.84. The van der Waals surface area contributed by atoms with Gasteiger partial charge in [-0.3, -0.25) is 0 Å². The predicted molar refractivity (Wildman–Crippen MR) is 73.3 cm³/mol. The van der Waals surface area contributed by atoms with E-state index >= 15 is 0 Å². The fourth-order valence-corrected chi connectivity index (χ4v) is 2.79. The van der Waals surface area contributed by atoms with E-state index in [-0.39, 0.29) is 0 Å². The minimum atomic E-state index is 0.436. The molecule has 0 spiro atoms. The summed E-state index contributed by atoms with van der Waals surface area (Å²) in [5, 5.41) is 12.4. The molecule has 1 aliphatic carbocycles. The maximum atomic E-state index is 8.96. The summed E-state index contributed by atoms with van der Waals surface area (Å²) >= 11 is 0. The van der Waals surface area contributed by atoms with Crippen LogP contribution in [-0.2, 0) is 0 Å². The van der Waals surface area contributed by atoms with Crippen LogP contribution in [0, 0.1) is 24.2 Å². The summed E-state index contributed by atoms with van der Waals surface area (Å²) in [6, 6.07) is 6.27. The zero-order valence-corrected chi connectivity index (χ0v) is 11.2. The lowest BCUT2D eigenvalue weighted by molar-refractivity contribution is 0.328. The Morgan fingerprint density at radius 3 is 2.72 bits per heavy atom. The Kier molecular flexibility index (Phi) is 4.19. The van der Waals surface area contributed by atoms with Crippen molar-refractivity contribution in [1.29, 1.82) is 5.26 Å². The summed E-state index contributed by atoms with van der Waals surface area (Å²) in [7, 11) is 0. The molecular formula is C15H21N3. The summed E-state index contributed by atoms with van der Waals surface area (Å²) < 4.78 is 0.